The van der Waals surface area contributed by atoms with Crippen LogP contribution in [0.15, 0.2) is 85.1 Å². The zero-order valence-corrected chi connectivity index (χ0v) is 34.0. The minimum atomic E-state index is -3.64. The van der Waals surface area contributed by atoms with Crippen molar-refractivity contribution in [3.63, 3.8) is 0 Å². The van der Waals surface area contributed by atoms with Crippen LogP contribution in [0.4, 0.5) is 21.9 Å². The number of nitrogens with one attached hydrogen (secondary N) is 4. The first-order valence-electron chi connectivity index (χ1n) is 18.8. The maximum atomic E-state index is 13.5. The van der Waals surface area contributed by atoms with Gasteiger partial charge in [-0.3, -0.25) is 14.5 Å². The third kappa shape index (κ3) is 10.7. The number of pyridine rings is 1. The van der Waals surface area contributed by atoms with E-state index in [0.29, 0.717) is 47.2 Å². The Morgan fingerprint density at radius 2 is 1.54 bits per heavy atom. The summed E-state index contributed by atoms with van der Waals surface area (Å²) < 4.78 is 44.4. The summed E-state index contributed by atoms with van der Waals surface area (Å²) in [5.41, 5.74) is 3.60. The summed E-state index contributed by atoms with van der Waals surface area (Å²) in [5, 5.41) is 10.3. The highest BCUT2D eigenvalue weighted by Crippen LogP contribution is 2.40. The second kappa shape index (κ2) is 17.5. The summed E-state index contributed by atoms with van der Waals surface area (Å²) >= 11 is 0. The molecular formula is C43H50N6O7S. The van der Waals surface area contributed by atoms with Gasteiger partial charge >= 0.3 is 6.03 Å². The van der Waals surface area contributed by atoms with E-state index in [4.69, 9.17) is 14.2 Å². The minimum absolute atomic E-state index is 0.146. The molecule has 0 unspecified atom stereocenters. The van der Waals surface area contributed by atoms with Crippen LogP contribution in [-0.4, -0.2) is 76.9 Å². The number of ether oxygens (including phenoxy) is 3. The van der Waals surface area contributed by atoms with E-state index in [1.165, 1.54) is 20.0 Å². The average Bonchev–Trinajstić information content (AvgIpc) is 3.68. The minimum Gasteiger partial charge on any atom is -0.497 e. The van der Waals surface area contributed by atoms with E-state index < -0.39 is 16.1 Å². The fraction of sp³-hybridized carbons (Fsp3) is 0.326. The summed E-state index contributed by atoms with van der Waals surface area (Å²) in [5.74, 6) is 1.75. The third-order valence-corrected chi connectivity index (χ3v) is 10.2. The molecule has 14 heteroatoms. The van der Waals surface area contributed by atoms with Gasteiger partial charge in [-0.2, -0.15) is 0 Å². The van der Waals surface area contributed by atoms with Gasteiger partial charge in [0.15, 0.2) is 5.75 Å². The van der Waals surface area contributed by atoms with Gasteiger partial charge in [0.05, 0.1) is 37.5 Å². The molecule has 0 atom stereocenters. The van der Waals surface area contributed by atoms with Crippen LogP contribution in [0.1, 0.15) is 60.8 Å². The zero-order valence-electron chi connectivity index (χ0n) is 33.2. The van der Waals surface area contributed by atoms with Gasteiger partial charge in [-0.05, 0) is 91.0 Å². The molecule has 0 spiro atoms. The van der Waals surface area contributed by atoms with E-state index in [1.807, 2.05) is 63.2 Å². The van der Waals surface area contributed by atoms with Crippen molar-refractivity contribution >= 4 is 49.8 Å². The maximum absolute atomic E-state index is 13.5. The first kappa shape index (κ1) is 40.8. The fourth-order valence-electron chi connectivity index (χ4n) is 6.80. The van der Waals surface area contributed by atoms with Gasteiger partial charge in [0.2, 0.25) is 10.0 Å². The van der Waals surface area contributed by atoms with Crippen molar-refractivity contribution in [1.29, 1.82) is 0 Å². The number of urea groups is 1. The monoisotopic (exact) mass is 794 g/mol. The van der Waals surface area contributed by atoms with E-state index in [2.05, 4.69) is 30.6 Å². The van der Waals surface area contributed by atoms with E-state index >= 15 is 0 Å². The normalized spacial score (nSPS) is 13.2. The number of aromatic nitrogens is 1. The van der Waals surface area contributed by atoms with Crippen LogP contribution in [0.5, 0.6) is 23.0 Å². The SMILES string of the molecule is COc1cc(Cc2cc(Oc3ccc(NC(=O)Nc4cc(C(C)(C)C)cc(NS(C)(=O)=O)c4OC)c4ccccc34)ccn2)cc(C(=O)NCCN2CCCC2)c1. The lowest BCUT2D eigenvalue weighted by Crippen LogP contribution is -2.33. The molecular weight excluding hydrogens is 745 g/mol. The smallest absolute Gasteiger partial charge is 0.323 e. The van der Waals surface area contributed by atoms with Crippen LogP contribution in [0.3, 0.4) is 0 Å². The number of methoxy groups -OCH3 is 2. The Morgan fingerprint density at radius 1 is 0.825 bits per heavy atom. The maximum Gasteiger partial charge on any atom is 0.323 e. The summed E-state index contributed by atoms with van der Waals surface area (Å²) in [6.07, 6.45) is 5.59. The highest BCUT2D eigenvalue weighted by molar-refractivity contribution is 7.92. The van der Waals surface area contributed by atoms with Gasteiger partial charge in [0.25, 0.3) is 5.91 Å². The molecule has 0 radical (unpaired) electrons. The molecule has 5 aromatic rings. The van der Waals surface area contributed by atoms with Gasteiger partial charge in [0.1, 0.15) is 17.2 Å². The van der Waals surface area contributed by atoms with Crippen molar-refractivity contribution in [3.05, 3.63) is 107 Å². The van der Waals surface area contributed by atoms with Crippen molar-refractivity contribution in [1.82, 2.24) is 15.2 Å². The quantitative estimate of drug-likeness (QED) is 0.0881. The molecule has 0 saturated carbocycles. The number of amides is 3. The molecule has 1 fully saturated rings. The Hall–Kier alpha value is -5.86. The molecule has 1 saturated heterocycles. The molecule has 57 heavy (non-hydrogen) atoms. The summed E-state index contributed by atoms with van der Waals surface area (Å²) in [4.78, 5) is 33.5. The van der Waals surface area contributed by atoms with Crippen LogP contribution >= 0.6 is 0 Å². The van der Waals surface area contributed by atoms with E-state index in [-0.39, 0.29) is 22.8 Å². The highest BCUT2D eigenvalue weighted by Gasteiger charge is 2.23. The lowest BCUT2D eigenvalue weighted by atomic mass is 9.86. The number of sulfonamides is 1. The molecule has 1 aromatic heterocycles. The van der Waals surface area contributed by atoms with Crippen molar-refractivity contribution in [2.75, 3.05) is 62.0 Å². The van der Waals surface area contributed by atoms with Crippen LogP contribution in [0, 0.1) is 0 Å². The van der Waals surface area contributed by atoms with Crippen molar-refractivity contribution < 1.29 is 32.2 Å². The van der Waals surface area contributed by atoms with Crippen molar-refractivity contribution in [3.8, 4) is 23.0 Å². The topological polar surface area (TPSA) is 160 Å². The molecule has 0 aliphatic carbocycles. The van der Waals surface area contributed by atoms with Gasteiger partial charge < -0.3 is 35.1 Å². The Labute approximate surface area is 334 Å². The molecule has 1 aliphatic rings. The van der Waals surface area contributed by atoms with E-state index in [0.717, 1.165) is 53.5 Å². The number of hydrogen-bond donors (Lipinski definition) is 4. The van der Waals surface area contributed by atoms with Crippen LogP contribution < -0.4 is 34.9 Å². The molecule has 3 amide bonds. The van der Waals surface area contributed by atoms with Gasteiger partial charge in [-0.25, -0.2) is 13.2 Å². The molecule has 0 bridgehead atoms. The Morgan fingerprint density at radius 3 is 2.25 bits per heavy atom. The number of carbonyl (C=O) groups excluding carboxylic acids is 2. The molecule has 13 nitrogen and oxygen atoms in total. The Bertz CT molecular complexity index is 2370. The van der Waals surface area contributed by atoms with E-state index in [9.17, 15) is 18.0 Å². The first-order valence-corrected chi connectivity index (χ1v) is 20.7. The third-order valence-electron chi connectivity index (χ3n) is 9.61. The lowest BCUT2D eigenvalue weighted by Gasteiger charge is -2.24. The molecule has 6 rings (SSSR count). The number of nitrogens with zero attached hydrogens (tertiary/aromatic N) is 2. The van der Waals surface area contributed by atoms with Gasteiger partial charge in [-0.1, -0.05) is 45.0 Å². The number of rotatable bonds is 14. The van der Waals surface area contributed by atoms with E-state index in [1.54, 1.807) is 49.7 Å². The fourth-order valence-corrected chi connectivity index (χ4v) is 7.35. The Kier molecular flexibility index (Phi) is 12.5. The lowest BCUT2D eigenvalue weighted by molar-refractivity contribution is 0.0949. The number of hydrogen-bond acceptors (Lipinski definition) is 9. The number of benzene rings is 4. The molecule has 4 N–H and O–H groups in total. The summed E-state index contributed by atoms with van der Waals surface area (Å²) in [6, 6.07) is 23.1. The number of likely N-dealkylation sites (tertiary alicyclic amines) is 1. The first-order chi connectivity index (χ1) is 27.2. The molecule has 300 valence electrons. The zero-order chi connectivity index (χ0) is 40.7. The Balaban J connectivity index is 1.18. The molecule has 1 aliphatic heterocycles. The average molecular weight is 795 g/mol. The number of carbonyl (C=O) groups is 2. The standard InChI is InChI=1S/C43H50N6O7S/c1-43(2,3)30-25-37(40(55-5)38(26-30)48-57(6,52)53)47-42(51)46-36-13-14-39(35-12-8-7-11-34(35)36)56-32-15-16-44-31(27-32)22-28-21-29(24-33(23-28)54-4)41(50)45-17-20-49-18-9-10-19-49/h7-8,11-16,21,23-27,48H,9-10,17-20,22H2,1-6H3,(H,45,50)(H2,46,47,51). The van der Waals surface area contributed by atoms with Gasteiger partial charge in [-0.15, -0.1) is 0 Å². The second-order valence-electron chi connectivity index (χ2n) is 15.1. The predicted molar refractivity (Wildman–Crippen MR) is 225 cm³/mol. The number of fused-ring (bicyclic) bond motifs is 1. The largest absolute Gasteiger partial charge is 0.497 e. The van der Waals surface area contributed by atoms with Crippen LogP contribution in [0.2, 0.25) is 0 Å². The number of anilines is 3. The van der Waals surface area contributed by atoms with Crippen molar-refractivity contribution in [2.24, 2.45) is 0 Å². The highest BCUT2D eigenvalue weighted by atomic mass is 32.2. The van der Waals surface area contributed by atoms with Crippen LogP contribution in [-0.2, 0) is 21.9 Å². The second-order valence-corrected chi connectivity index (χ2v) is 16.8. The van der Waals surface area contributed by atoms with Gasteiger partial charge in [0, 0.05) is 53.8 Å². The molecule has 4 aromatic carbocycles. The molecule has 2 heterocycles. The van der Waals surface area contributed by atoms with Crippen molar-refractivity contribution in [2.45, 2.75) is 45.4 Å². The summed E-state index contributed by atoms with van der Waals surface area (Å²) in [7, 11) is -0.646. The van der Waals surface area contributed by atoms with Crippen LogP contribution in [0.25, 0.3) is 10.8 Å². The summed E-state index contributed by atoms with van der Waals surface area (Å²) in [6.45, 7) is 9.53. The predicted octanol–water partition coefficient (Wildman–Crippen LogP) is 7.77.